The monoisotopic (exact) mass is 341 g/mol. The average molecular weight is 343 g/mol. The molecule has 5 heteroatoms. The van der Waals surface area contributed by atoms with Gasteiger partial charge in [-0.25, -0.2) is 0 Å². The molecule has 0 aromatic heterocycles. The Labute approximate surface area is 122 Å². The van der Waals surface area contributed by atoms with Gasteiger partial charge in [0.15, 0.2) is 0 Å². The molecule has 0 radical (unpaired) electrons. The number of hydrogen-bond acceptors (Lipinski definition) is 2. The summed E-state index contributed by atoms with van der Waals surface area (Å²) >= 11 is 9.34. The van der Waals surface area contributed by atoms with Gasteiger partial charge in [0.05, 0.1) is 12.1 Å². The lowest BCUT2D eigenvalue weighted by Crippen LogP contribution is -2.37. The van der Waals surface area contributed by atoms with E-state index in [1.165, 1.54) is 0 Å². The van der Waals surface area contributed by atoms with E-state index < -0.39 is 12.1 Å². The van der Waals surface area contributed by atoms with Gasteiger partial charge in [0, 0.05) is 9.50 Å². The standard InChI is InChI=1S/C12H17BrClNO.ClH/c1-12(2,3)11(16)10(15)8-6-7(14)4-5-9(8)13;/h4-6,10-11,16H,15H2,1-3H3;1H/t10-,11-;/m1./s1. The van der Waals surface area contributed by atoms with Crippen LogP contribution in [0, 0.1) is 5.41 Å². The summed E-state index contributed by atoms with van der Waals surface area (Å²) in [5.74, 6) is 0. The van der Waals surface area contributed by atoms with Gasteiger partial charge in [-0.05, 0) is 29.2 Å². The summed E-state index contributed by atoms with van der Waals surface area (Å²) in [7, 11) is 0. The van der Waals surface area contributed by atoms with Gasteiger partial charge in [-0.1, -0.05) is 48.3 Å². The first kappa shape index (κ1) is 17.2. The van der Waals surface area contributed by atoms with Crippen LogP contribution in [-0.2, 0) is 0 Å². The third-order valence-electron chi connectivity index (χ3n) is 2.54. The van der Waals surface area contributed by atoms with Crippen LogP contribution in [0.3, 0.4) is 0 Å². The maximum Gasteiger partial charge on any atom is 0.0781 e. The first-order valence-electron chi connectivity index (χ1n) is 5.12. The van der Waals surface area contributed by atoms with Crippen molar-refractivity contribution >= 4 is 39.9 Å². The minimum Gasteiger partial charge on any atom is -0.391 e. The molecule has 0 aliphatic heterocycles. The zero-order valence-corrected chi connectivity index (χ0v) is 13.2. The molecule has 0 aliphatic carbocycles. The number of aliphatic hydroxyl groups excluding tert-OH is 1. The van der Waals surface area contributed by atoms with Gasteiger partial charge in [0.2, 0.25) is 0 Å². The fourth-order valence-electron chi connectivity index (χ4n) is 1.48. The highest BCUT2D eigenvalue weighted by atomic mass is 79.9. The van der Waals surface area contributed by atoms with Crippen molar-refractivity contribution in [3.63, 3.8) is 0 Å². The van der Waals surface area contributed by atoms with E-state index in [0.29, 0.717) is 5.02 Å². The summed E-state index contributed by atoms with van der Waals surface area (Å²) < 4.78 is 0.868. The van der Waals surface area contributed by atoms with Crippen molar-refractivity contribution in [1.82, 2.24) is 0 Å². The lowest BCUT2D eigenvalue weighted by atomic mass is 9.82. The van der Waals surface area contributed by atoms with Crippen molar-refractivity contribution in [2.24, 2.45) is 11.1 Å². The van der Waals surface area contributed by atoms with Crippen molar-refractivity contribution in [3.8, 4) is 0 Å². The minimum atomic E-state index is -0.623. The van der Waals surface area contributed by atoms with E-state index in [4.69, 9.17) is 17.3 Å². The lowest BCUT2D eigenvalue weighted by Gasteiger charge is -2.31. The second kappa shape index (κ2) is 6.39. The van der Waals surface area contributed by atoms with Gasteiger partial charge < -0.3 is 10.8 Å². The molecule has 0 fully saturated rings. The van der Waals surface area contributed by atoms with Crippen LogP contribution in [0.25, 0.3) is 0 Å². The van der Waals surface area contributed by atoms with Crippen molar-refractivity contribution in [2.75, 3.05) is 0 Å². The number of hydrogen-bond donors (Lipinski definition) is 2. The lowest BCUT2D eigenvalue weighted by molar-refractivity contribution is 0.0399. The summed E-state index contributed by atoms with van der Waals surface area (Å²) in [5.41, 5.74) is 6.62. The predicted molar refractivity (Wildman–Crippen MR) is 78.8 cm³/mol. The Hall–Kier alpha value is 0.200. The number of aliphatic hydroxyl groups is 1. The molecule has 1 aromatic rings. The summed E-state index contributed by atoms with van der Waals surface area (Å²) in [6, 6.07) is 4.96. The molecule has 3 N–H and O–H groups in total. The third kappa shape index (κ3) is 4.42. The van der Waals surface area contributed by atoms with Gasteiger partial charge in [-0.15, -0.1) is 12.4 Å². The van der Waals surface area contributed by atoms with Crippen LogP contribution >= 0.6 is 39.9 Å². The maximum absolute atomic E-state index is 10.1. The number of nitrogens with two attached hydrogens (primary N) is 1. The Morgan fingerprint density at radius 3 is 2.35 bits per heavy atom. The van der Waals surface area contributed by atoms with Gasteiger partial charge in [0.1, 0.15) is 0 Å². The van der Waals surface area contributed by atoms with Crippen LogP contribution < -0.4 is 5.73 Å². The smallest absolute Gasteiger partial charge is 0.0781 e. The van der Waals surface area contributed by atoms with E-state index in [1.807, 2.05) is 26.8 Å². The molecule has 2 nitrogen and oxygen atoms in total. The van der Waals surface area contributed by atoms with Crippen LogP contribution in [-0.4, -0.2) is 11.2 Å². The molecule has 2 atom stereocenters. The molecule has 1 rings (SSSR count). The van der Waals surface area contributed by atoms with Crippen molar-refractivity contribution in [2.45, 2.75) is 32.9 Å². The number of benzene rings is 1. The molecule has 0 amide bonds. The van der Waals surface area contributed by atoms with E-state index in [9.17, 15) is 5.11 Å². The van der Waals surface area contributed by atoms with Crippen LogP contribution in [0.1, 0.15) is 32.4 Å². The summed E-state index contributed by atoms with van der Waals surface area (Å²) in [6.07, 6.45) is -0.623. The van der Waals surface area contributed by atoms with E-state index in [1.54, 1.807) is 12.1 Å². The molecule has 98 valence electrons. The third-order valence-corrected chi connectivity index (χ3v) is 3.50. The average Bonchev–Trinajstić information content (AvgIpc) is 2.18. The zero-order valence-electron chi connectivity index (χ0n) is 10.1. The second-order valence-electron chi connectivity index (χ2n) is 5.00. The molecule has 0 bridgehead atoms. The van der Waals surface area contributed by atoms with E-state index in [-0.39, 0.29) is 17.8 Å². The SMILES string of the molecule is CC(C)(C)[C@H](O)[C@H](N)c1cc(Cl)ccc1Br.Cl. The molecule has 0 spiro atoms. The molecule has 1 aromatic carbocycles. The molecular formula is C12H18BrCl2NO. The fourth-order valence-corrected chi connectivity index (χ4v) is 2.17. The summed E-state index contributed by atoms with van der Waals surface area (Å²) in [4.78, 5) is 0. The van der Waals surface area contributed by atoms with E-state index in [2.05, 4.69) is 15.9 Å². The Morgan fingerprint density at radius 1 is 1.35 bits per heavy atom. The topological polar surface area (TPSA) is 46.2 Å². The van der Waals surface area contributed by atoms with Crippen LogP contribution in [0.15, 0.2) is 22.7 Å². The zero-order chi connectivity index (χ0) is 12.5. The number of rotatable bonds is 2. The van der Waals surface area contributed by atoms with Gasteiger partial charge in [0.25, 0.3) is 0 Å². The Bertz CT molecular complexity index is 379. The van der Waals surface area contributed by atoms with Crippen LogP contribution in [0.2, 0.25) is 5.02 Å². The first-order chi connectivity index (χ1) is 7.23. The quantitative estimate of drug-likeness (QED) is 0.855. The van der Waals surface area contributed by atoms with Gasteiger partial charge in [-0.3, -0.25) is 0 Å². The maximum atomic E-state index is 10.1. The largest absolute Gasteiger partial charge is 0.391 e. The van der Waals surface area contributed by atoms with E-state index in [0.717, 1.165) is 10.0 Å². The molecule has 0 heterocycles. The molecular weight excluding hydrogens is 325 g/mol. The molecule has 0 saturated carbocycles. The van der Waals surface area contributed by atoms with Crippen LogP contribution in [0.5, 0.6) is 0 Å². The molecule has 17 heavy (non-hydrogen) atoms. The van der Waals surface area contributed by atoms with Gasteiger partial charge in [-0.2, -0.15) is 0 Å². The van der Waals surface area contributed by atoms with Crippen LogP contribution in [0.4, 0.5) is 0 Å². The Balaban J connectivity index is 0.00000256. The van der Waals surface area contributed by atoms with Crippen molar-refractivity contribution in [1.29, 1.82) is 0 Å². The van der Waals surface area contributed by atoms with Crippen molar-refractivity contribution in [3.05, 3.63) is 33.3 Å². The molecule has 0 aliphatic rings. The van der Waals surface area contributed by atoms with E-state index >= 15 is 0 Å². The highest BCUT2D eigenvalue weighted by Crippen LogP contribution is 2.33. The highest BCUT2D eigenvalue weighted by molar-refractivity contribution is 9.10. The molecule has 0 unspecified atom stereocenters. The Morgan fingerprint density at radius 2 is 1.88 bits per heavy atom. The predicted octanol–water partition coefficient (Wildman–Crippen LogP) is 3.93. The minimum absolute atomic E-state index is 0. The normalized spacial score (nSPS) is 15.0. The summed E-state index contributed by atoms with van der Waals surface area (Å²) in [5, 5.41) is 10.8. The molecule has 0 saturated heterocycles. The number of halogens is 3. The van der Waals surface area contributed by atoms with Crippen molar-refractivity contribution < 1.29 is 5.11 Å². The Kier molecular flexibility index (Phi) is 6.47. The second-order valence-corrected chi connectivity index (χ2v) is 6.29. The fraction of sp³-hybridized carbons (Fsp3) is 0.500. The summed E-state index contributed by atoms with van der Waals surface area (Å²) in [6.45, 7) is 5.86. The highest BCUT2D eigenvalue weighted by Gasteiger charge is 2.30. The van der Waals surface area contributed by atoms with Gasteiger partial charge >= 0.3 is 0 Å². The first-order valence-corrected chi connectivity index (χ1v) is 6.29.